The molecule has 0 aliphatic carbocycles. The van der Waals surface area contributed by atoms with Gasteiger partial charge in [-0.25, -0.2) is 4.98 Å². The molecule has 0 saturated heterocycles. The predicted octanol–water partition coefficient (Wildman–Crippen LogP) is 2.60. The van der Waals surface area contributed by atoms with Crippen molar-refractivity contribution in [2.24, 2.45) is 5.73 Å². The summed E-state index contributed by atoms with van der Waals surface area (Å²) in [6.45, 7) is 4.79. The third-order valence-electron chi connectivity index (χ3n) is 3.11. The molecule has 21 heavy (non-hydrogen) atoms. The van der Waals surface area contributed by atoms with E-state index in [0.717, 1.165) is 36.4 Å². The van der Waals surface area contributed by atoms with Gasteiger partial charge in [-0.1, -0.05) is 13.0 Å². The Labute approximate surface area is 125 Å². The highest BCUT2D eigenvalue weighted by atomic mass is 16.5. The molecule has 0 amide bonds. The fourth-order valence-corrected chi connectivity index (χ4v) is 2.00. The number of nitrogens with zero attached hydrogens (tertiary/aromatic N) is 2. The molecule has 5 nitrogen and oxygen atoms in total. The van der Waals surface area contributed by atoms with Crippen molar-refractivity contribution in [2.45, 2.75) is 32.9 Å². The van der Waals surface area contributed by atoms with Crippen LogP contribution in [-0.2, 0) is 13.1 Å². The minimum absolute atomic E-state index is 0.463. The monoisotopic (exact) mass is 289 g/mol. The summed E-state index contributed by atoms with van der Waals surface area (Å²) in [4.78, 5) is 4.02. The lowest BCUT2D eigenvalue weighted by Crippen LogP contribution is -2.07. The molecule has 0 unspecified atom stereocenters. The van der Waals surface area contributed by atoms with E-state index < -0.39 is 0 Å². The van der Waals surface area contributed by atoms with E-state index >= 15 is 0 Å². The van der Waals surface area contributed by atoms with Crippen molar-refractivity contribution in [3.05, 3.63) is 42.5 Å². The molecule has 1 heterocycles. The lowest BCUT2D eigenvalue weighted by Gasteiger charge is -2.13. The van der Waals surface area contributed by atoms with Crippen LogP contribution in [0.15, 0.2) is 36.9 Å². The van der Waals surface area contributed by atoms with Gasteiger partial charge in [0.15, 0.2) is 0 Å². The maximum absolute atomic E-state index is 5.85. The van der Waals surface area contributed by atoms with Gasteiger partial charge in [0.2, 0.25) is 0 Å². The first kappa shape index (κ1) is 15.4. The molecule has 1 aromatic carbocycles. The molecule has 2 rings (SSSR count). The van der Waals surface area contributed by atoms with Gasteiger partial charge in [-0.05, 0) is 18.9 Å². The summed E-state index contributed by atoms with van der Waals surface area (Å²) in [7, 11) is 0. The highest BCUT2D eigenvalue weighted by Crippen LogP contribution is 2.25. The zero-order valence-electron chi connectivity index (χ0n) is 12.5. The number of aryl methyl sites for hydroxylation is 1. The highest BCUT2D eigenvalue weighted by Gasteiger charge is 2.05. The topological polar surface area (TPSA) is 62.3 Å². The quantitative estimate of drug-likeness (QED) is 0.721. The standard InChI is InChI=1S/C16H23N3O2/c1-2-9-20-15-5-4-14(12-17)16(11-15)21-10-3-7-19-8-6-18-13-19/h4-6,8,11,13H,2-3,7,9-10,12,17H2,1H3. The Bertz CT molecular complexity index is 526. The number of ether oxygens (including phenoxy) is 2. The van der Waals surface area contributed by atoms with E-state index in [1.807, 2.05) is 35.3 Å². The zero-order valence-corrected chi connectivity index (χ0v) is 12.5. The van der Waals surface area contributed by atoms with Gasteiger partial charge in [0.05, 0.1) is 19.5 Å². The summed E-state index contributed by atoms with van der Waals surface area (Å²) >= 11 is 0. The normalized spacial score (nSPS) is 10.6. The summed E-state index contributed by atoms with van der Waals surface area (Å²) < 4.78 is 13.5. The Morgan fingerprint density at radius 3 is 2.86 bits per heavy atom. The Morgan fingerprint density at radius 2 is 2.14 bits per heavy atom. The molecule has 114 valence electrons. The maximum atomic E-state index is 5.85. The number of imidazole rings is 1. The average molecular weight is 289 g/mol. The number of hydrogen-bond donors (Lipinski definition) is 1. The maximum Gasteiger partial charge on any atom is 0.127 e. The van der Waals surface area contributed by atoms with E-state index in [4.69, 9.17) is 15.2 Å². The number of rotatable bonds is 9. The van der Waals surface area contributed by atoms with Crippen molar-refractivity contribution >= 4 is 0 Å². The summed E-state index contributed by atoms with van der Waals surface area (Å²) in [5.41, 5.74) is 6.75. The molecule has 0 saturated carbocycles. The Kier molecular flexibility index (Phi) is 6.09. The fourth-order valence-electron chi connectivity index (χ4n) is 2.00. The van der Waals surface area contributed by atoms with Crippen LogP contribution in [0.3, 0.4) is 0 Å². The van der Waals surface area contributed by atoms with Gasteiger partial charge in [-0.3, -0.25) is 0 Å². The second-order valence-electron chi connectivity index (χ2n) is 4.82. The first-order valence-corrected chi connectivity index (χ1v) is 7.37. The third kappa shape index (κ3) is 4.79. The van der Waals surface area contributed by atoms with Gasteiger partial charge in [0.1, 0.15) is 11.5 Å². The molecule has 0 aliphatic rings. The van der Waals surface area contributed by atoms with Gasteiger partial charge in [-0.15, -0.1) is 0 Å². The second kappa shape index (κ2) is 8.32. The molecule has 0 atom stereocenters. The van der Waals surface area contributed by atoms with E-state index in [2.05, 4.69) is 11.9 Å². The fraction of sp³-hybridized carbons (Fsp3) is 0.438. The molecular weight excluding hydrogens is 266 g/mol. The molecule has 1 aromatic heterocycles. The number of benzene rings is 1. The molecular formula is C16H23N3O2. The van der Waals surface area contributed by atoms with Gasteiger partial charge in [-0.2, -0.15) is 0 Å². The van der Waals surface area contributed by atoms with Crippen LogP contribution in [-0.4, -0.2) is 22.8 Å². The summed E-state index contributed by atoms with van der Waals surface area (Å²) in [6.07, 6.45) is 7.44. The minimum Gasteiger partial charge on any atom is -0.493 e. The van der Waals surface area contributed by atoms with Crippen LogP contribution in [0, 0.1) is 0 Å². The third-order valence-corrected chi connectivity index (χ3v) is 3.11. The van der Waals surface area contributed by atoms with Crippen LogP contribution in [0.2, 0.25) is 0 Å². The number of nitrogens with two attached hydrogens (primary N) is 1. The van der Waals surface area contributed by atoms with Crippen LogP contribution >= 0.6 is 0 Å². The smallest absolute Gasteiger partial charge is 0.127 e. The summed E-state index contributed by atoms with van der Waals surface area (Å²) in [5, 5.41) is 0. The van der Waals surface area contributed by atoms with Gasteiger partial charge in [0.25, 0.3) is 0 Å². The first-order valence-electron chi connectivity index (χ1n) is 7.37. The predicted molar refractivity (Wildman–Crippen MR) is 82.5 cm³/mol. The van der Waals surface area contributed by atoms with Gasteiger partial charge < -0.3 is 19.8 Å². The molecule has 0 spiro atoms. The zero-order chi connectivity index (χ0) is 14.9. The molecule has 0 radical (unpaired) electrons. The van der Waals surface area contributed by atoms with Crippen LogP contribution < -0.4 is 15.2 Å². The second-order valence-corrected chi connectivity index (χ2v) is 4.82. The van der Waals surface area contributed by atoms with Crippen LogP contribution in [0.25, 0.3) is 0 Å². The summed E-state index contributed by atoms with van der Waals surface area (Å²) in [5.74, 6) is 1.65. The minimum atomic E-state index is 0.463. The van der Waals surface area contributed by atoms with E-state index in [1.165, 1.54) is 0 Å². The van der Waals surface area contributed by atoms with Crippen molar-refractivity contribution in [1.29, 1.82) is 0 Å². The number of hydrogen-bond acceptors (Lipinski definition) is 4. The van der Waals surface area contributed by atoms with Crippen LogP contribution in [0.4, 0.5) is 0 Å². The lowest BCUT2D eigenvalue weighted by molar-refractivity contribution is 0.290. The van der Waals surface area contributed by atoms with Crippen molar-refractivity contribution in [2.75, 3.05) is 13.2 Å². The Hall–Kier alpha value is -2.01. The van der Waals surface area contributed by atoms with Crippen LogP contribution in [0.5, 0.6) is 11.5 Å². The SMILES string of the molecule is CCCOc1ccc(CN)c(OCCCn2ccnc2)c1. The lowest BCUT2D eigenvalue weighted by atomic mass is 10.2. The molecule has 0 bridgehead atoms. The van der Waals surface area contributed by atoms with E-state index in [0.29, 0.717) is 19.8 Å². The Morgan fingerprint density at radius 1 is 1.24 bits per heavy atom. The summed E-state index contributed by atoms with van der Waals surface area (Å²) in [6, 6.07) is 5.83. The van der Waals surface area contributed by atoms with Gasteiger partial charge >= 0.3 is 0 Å². The molecule has 2 aromatic rings. The average Bonchev–Trinajstić information content (AvgIpc) is 3.03. The first-order chi connectivity index (χ1) is 10.3. The Balaban J connectivity index is 1.87. The van der Waals surface area contributed by atoms with E-state index in [-0.39, 0.29) is 0 Å². The molecule has 0 aliphatic heterocycles. The van der Waals surface area contributed by atoms with Crippen LogP contribution in [0.1, 0.15) is 25.3 Å². The molecule has 0 fully saturated rings. The van der Waals surface area contributed by atoms with E-state index in [1.54, 1.807) is 6.20 Å². The van der Waals surface area contributed by atoms with Crippen molar-refractivity contribution < 1.29 is 9.47 Å². The van der Waals surface area contributed by atoms with Gasteiger partial charge in [0, 0.05) is 37.1 Å². The largest absolute Gasteiger partial charge is 0.493 e. The number of aromatic nitrogens is 2. The molecule has 2 N–H and O–H groups in total. The van der Waals surface area contributed by atoms with Crippen molar-refractivity contribution in [1.82, 2.24) is 9.55 Å². The van der Waals surface area contributed by atoms with E-state index in [9.17, 15) is 0 Å². The molecule has 5 heteroatoms. The van der Waals surface area contributed by atoms with Crippen molar-refractivity contribution in [3.63, 3.8) is 0 Å². The highest BCUT2D eigenvalue weighted by molar-refractivity contribution is 5.40. The van der Waals surface area contributed by atoms with Crippen molar-refractivity contribution in [3.8, 4) is 11.5 Å².